The first kappa shape index (κ1) is 24.6. The number of hydrogen-bond donors (Lipinski definition) is 2. The largest absolute Gasteiger partial charge is 0.379 e. The zero-order chi connectivity index (χ0) is 20.0. The van der Waals surface area contributed by atoms with E-state index in [-0.39, 0.29) is 35.4 Å². The number of rotatable bonds is 6. The van der Waals surface area contributed by atoms with Crippen molar-refractivity contribution in [2.45, 2.75) is 17.4 Å². The van der Waals surface area contributed by atoms with Gasteiger partial charge in [0.15, 0.2) is 5.96 Å². The Balaban J connectivity index is 0.00000300. The minimum atomic E-state index is -3.58. The van der Waals surface area contributed by atoms with Crippen molar-refractivity contribution in [2.75, 3.05) is 59.5 Å². The molecule has 2 saturated heterocycles. The highest BCUT2D eigenvalue weighted by Crippen LogP contribution is 2.17. The first-order valence-electron chi connectivity index (χ1n) is 9.52. The fourth-order valence-electron chi connectivity index (χ4n) is 3.58. The van der Waals surface area contributed by atoms with Gasteiger partial charge in [-0.15, -0.1) is 24.0 Å². The molecule has 0 aliphatic carbocycles. The van der Waals surface area contributed by atoms with E-state index >= 15 is 0 Å². The summed E-state index contributed by atoms with van der Waals surface area (Å²) in [6.45, 7) is 6.14. The van der Waals surface area contributed by atoms with Gasteiger partial charge in [-0.05, 0) is 24.6 Å². The lowest BCUT2D eigenvalue weighted by molar-refractivity contribution is 0.0195. The lowest BCUT2D eigenvalue weighted by atomic mass is 10.2. The summed E-state index contributed by atoms with van der Waals surface area (Å²) < 4.78 is 32.7. The fraction of sp³-hybridized carbons (Fsp3) is 0.611. The molecule has 1 aromatic carbocycles. The average molecular weight is 558 g/mol. The van der Waals surface area contributed by atoms with Crippen LogP contribution in [0.15, 0.2) is 34.2 Å². The van der Waals surface area contributed by atoms with Crippen molar-refractivity contribution in [2.24, 2.45) is 4.99 Å². The molecule has 0 radical (unpaired) electrons. The Morgan fingerprint density at radius 3 is 2.72 bits per heavy atom. The molecule has 29 heavy (non-hydrogen) atoms. The molecule has 11 heteroatoms. The first-order valence-corrected chi connectivity index (χ1v) is 11.4. The molecule has 8 nitrogen and oxygen atoms in total. The molecule has 2 aliphatic rings. The molecule has 164 valence electrons. The molecule has 1 atom stereocenters. The monoisotopic (exact) mass is 557 g/mol. The van der Waals surface area contributed by atoms with Crippen molar-refractivity contribution in [1.29, 1.82) is 0 Å². The van der Waals surface area contributed by atoms with Crippen molar-refractivity contribution in [3.63, 3.8) is 0 Å². The van der Waals surface area contributed by atoms with Crippen molar-refractivity contribution >= 4 is 51.6 Å². The maximum atomic E-state index is 12.3. The van der Waals surface area contributed by atoms with E-state index in [1.165, 1.54) is 12.1 Å². The minimum Gasteiger partial charge on any atom is -0.379 e. The highest BCUT2D eigenvalue weighted by atomic mass is 127. The van der Waals surface area contributed by atoms with Gasteiger partial charge in [-0.25, -0.2) is 13.1 Å². The predicted octanol–water partition coefficient (Wildman–Crippen LogP) is 1.22. The van der Waals surface area contributed by atoms with E-state index in [4.69, 9.17) is 16.3 Å². The normalized spacial score (nSPS) is 21.1. The van der Waals surface area contributed by atoms with Crippen LogP contribution in [0.25, 0.3) is 0 Å². The SMILES string of the molecule is CN=C(NCCNS(=O)(=O)c1cccc(Cl)c1)N1CCC(N2CCOCC2)C1.I. The molecule has 2 aliphatic heterocycles. The summed E-state index contributed by atoms with van der Waals surface area (Å²) in [4.78, 5) is 9.22. The third-order valence-electron chi connectivity index (χ3n) is 5.04. The van der Waals surface area contributed by atoms with Gasteiger partial charge in [0.05, 0.1) is 18.1 Å². The first-order chi connectivity index (χ1) is 13.5. The summed E-state index contributed by atoms with van der Waals surface area (Å²) in [5.74, 6) is 0.803. The van der Waals surface area contributed by atoms with Gasteiger partial charge in [0.2, 0.25) is 10.0 Å². The molecule has 0 amide bonds. The van der Waals surface area contributed by atoms with E-state index in [9.17, 15) is 8.42 Å². The molecule has 0 saturated carbocycles. The van der Waals surface area contributed by atoms with Crippen LogP contribution in [0.2, 0.25) is 5.02 Å². The number of morpholine rings is 1. The van der Waals surface area contributed by atoms with Crippen LogP contribution in [0.1, 0.15) is 6.42 Å². The van der Waals surface area contributed by atoms with Gasteiger partial charge in [-0.3, -0.25) is 9.89 Å². The number of benzene rings is 1. The molecule has 2 N–H and O–H groups in total. The Morgan fingerprint density at radius 1 is 1.28 bits per heavy atom. The summed E-state index contributed by atoms with van der Waals surface area (Å²) in [6, 6.07) is 6.74. The predicted molar refractivity (Wildman–Crippen MR) is 126 cm³/mol. The van der Waals surface area contributed by atoms with E-state index in [1.54, 1.807) is 19.2 Å². The van der Waals surface area contributed by atoms with Crippen LogP contribution in [0.4, 0.5) is 0 Å². The standard InChI is InChI=1S/C18H28ClN5O3S.HI/c1-20-18(24-8-5-16(14-24)23-9-11-27-12-10-23)21-6-7-22-28(25,26)17-4-2-3-15(19)13-17;/h2-4,13,16,22H,5-12,14H2,1H3,(H,20,21);1H. The number of nitrogens with one attached hydrogen (secondary N) is 2. The highest BCUT2D eigenvalue weighted by Gasteiger charge is 2.30. The van der Waals surface area contributed by atoms with Crippen molar-refractivity contribution in [3.8, 4) is 0 Å². The Morgan fingerprint density at radius 2 is 2.03 bits per heavy atom. The van der Waals surface area contributed by atoms with Gasteiger partial charge in [-0.1, -0.05) is 17.7 Å². The third kappa shape index (κ3) is 6.93. The van der Waals surface area contributed by atoms with Gasteiger partial charge in [-0.2, -0.15) is 0 Å². The molecule has 3 rings (SSSR count). The Bertz CT molecular complexity index is 789. The smallest absolute Gasteiger partial charge is 0.240 e. The van der Waals surface area contributed by atoms with Crippen LogP contribution in [0.5, 0.6) is 0 Å². The van der Waals surface area contributed by atoms with E-state index in [1.807, 2.05) is 0 Å². The molecule has 2 fully saturated rings. The molecule has 1 unspecified atom stereocenters. The Labute approximate surface area is 195 Å². The van der Waals surface area contributed by atoms with Gasteiger partial charge in [0.1, 0.15) is 0 Å². The molecular formula is C18H29ClIN5O3S. The maximum Gasteiger partial charge on any atom is 0.240 e. The average Bonchev–Trinajstić information content (AvgIpc) is 3.19. The van der Waals surface area contributed by atoms with Gasteiger partial charge in [0, 0.05) is 57.4 Å². The van der Waals surface area contributed by atoms with E-state index in [0.29, 0.717) is 17.6 Å². The Kier molecular flexibility index (Phi) is 9.89. The topological polar surface area (TPSA) is 86.3 Å². The zero-order valence-electron chi connectivity index (χ0n) is 16.5. The van der Waals surface area contributed by atoms with Crippen LogP contribution in [0, 0.1) is 0 Å². The van der Waals surface area contributed by atoms with Crippen LogP contribution in [-0.4, -0.2) is 89.7 Å². The number of hydrogen-bond acceptors (Lipinski definition) is 5. The number of sulfonamides is 1. The Hall–Kier alpha value is -0.660. The van der Waals surface area contributed by atoms with E-state index < -0.39 is 10.0 Å². The number of halogens is 2. The molecule has 2 heterocycles. The zero-order valence-corrected chi connectivity index (χ0v) is 20.4. The summed E-state index contributed by atoms with van der Waals surface area (Å²) in [6.07, 6.45) is 1.10. The molecule has 1 aromatic rings. The number of aliphatic imine (C=N–C) groups is 1. The number of guanidine groups is 1. The van der Waals surface area contributed by atoms with Crippen LogP contribution < -0.4 is 10.0 Å². The van der Waals surface area contributed by atoms with Gasteiger partial charge < -0.3 is 15.0 Å². The van der Waals surface area contributed by atoms with E-state index in [0.717, 1.165) is 51.8 Å². The van der Waals surface area contributed by atoms with E-state index in [2.05, 4.69) is 24.8 Å². The number of ether oxygens (including phenoxy) is 1. The fourth-order valence-corrected chi connectivity index (χ4v) is 4.92. The van der Waals surface area contributed by atoms with Crippen LogP contribution in [0.3, 0.4) is 0 Å². The summed E-state index contributed by atoms with van der Waals surface area (Å²) in [7, 11) is -1.83. The second-order valence-electron chi connectivity index (χ2n) is 6.87. The highest BCUT2D eigenvalue weighted by molar-refractivity contribution is 14.0. The second-order valence-corrected chi connectivity index (χ2v) is 9.07. The lowest BCUT2D eigenvalue weighted by Gasteiger charge is -2.32. The third-order valence-corrected chi connectivity index (χ3v) is 6.74. The quantitative estimate of drug-likeness (QED) is 0.237. The molecular weight excluding hydrogens is 529 g/mol. The maximum absolute atomic E-state index is 12.3. The van der Waals surface area contributed by atoms with Crippen molar-refractivity contribution in [3.05, 3.63) is 29.3 Å². The summed E-state index contributed by atoms with van der Waals surface area (Å²) >= 11 is 5.88. The van der Waals surface area contributed by atoms with Gasteiger partial charge >= 0.3 is 0 Å². The second kappa shape index (κ2) is 11.7. The van der Waals surface area contributed by atoms with Gasteiger partial charge in [0.25, 0.3) is 0 Å². The number of likely N-dealkylation sites (tertiary alicyclic amines) is 1. The van der Waals surface area contributed by atoms with Crippen LogP contribution in [-0.2, 0) is 14.8 Å². The minimum absolute atomic E-state index is 0. The lowest BCUT2D eigenvalue weighted by Crippen LogP contribution is -2.47. The van der Waals surface area contributed by atoms with Crippen molar-refractivity contribution in [1.82, 2.24) is 19.8 Å². The molecule has 0 bridgehead atoms. The number of nitrogens with zero attached hydrogens (tertiary/aromatic N) is 3. The van der Waals surface area contributed by atoms with Crippen LogP contribution >= 0.6 is 35.6 Å². The van der Waals surface area contributed by atoms with Crippen molar-refractivity contribution < 1.29 is 13.2 Å². The summed E-state index contributed by atoms with van der Waals surface area (Å²) in [5.41, 5.74) is 0. The molecule has 0 spiro atoms. The summed E-state index contributed by atoms with van der Waals surface area (Å²) in [5, 5.41) is 3.64. The molecule has 0 aromatic heterocycles.